The Morgan fingerprint density at radius 2 is 1.60 bits per heavy atom. The van der Waals surface area contributed by atoms with E-state index in [2.05, 4.69) is 10.3 Å². The fraction of sp³-hybridized carbons (Fsp3) is 0.103. The molecular weight excluding hydrogens is 438 g/mol. The molecule has 0 bridgehead atoms. The van der Waals surface area contributed by atoms with Gasteiger partial charge in [0, 0.05) is 36.3 Å². The number of nitrogens with one attached hydrogen (secondary N) is 1. The van der Waals surface area contributed by atoms with Crippen molar-refractivity contribution in [2.75, 3.05) is 26.0 Å². The second kappa shape index (κ2) is 11.6. The Kier molecular flexibility index (Phi) is 7.88. The molecule has 0 radical (unpaired) electrons. The lowest BCUT2D eigenvalue weighted by atomic mass is 10.1. The number of carbonyl (C=O) groups excluding carboxylic acids is 1. The van der Waals surface area contributed by atoms with Crippen LogP contribution in [-0.4, -0.2) is 36.4 Å². The van der Waals surface area contributed by atoms with E-state index in [0.717, 1.165) is 22.6 Å². The van der Waals surface area contributed by atoms with E-state index in [0.29, 0.717) is 23.7 Å². The van der Waals surface area contributed by atoms with Crippen LogP contribution in [0, 0.1) is 0 Å². The first-order valence-corrected chi connectivity index (χ1v) is 11.2. The molecule has 4 rings (SSSR count). The number of benzene rings is 3. The first-order valence-electron chi connectivity index (χ1n) is 11.2. The zero-order valence-corrected chi connectivity index (χ0v) is 19.7. The summed E-state index contributed by atoms with van der Waals surface area (Å²) in [4.78, 5) is 18.5. The average molecular weight is 466 g/mol. The number of aromatic nitrogens is 1. The largest absolute Gasteiger partial charge is 0.457 e. The molecule has 1 heterocycles. The van der Waals surface area contributed by atoms with Crippen molar-refractivity contribution in [2.45, 2.75) is 0 Å². The molecule has 0 aliphatic carbocycles. The van der Waals surface area contributed by atoms with E-state index in [1.807, 2.05) is 110 Å². The fourth-order valence-corrected chi connectivity index (χ4v) is 3.33. The smallest absolute Gasteiger partial charge is 0.248 e. The molecule has 1 amide bonds. The van der Waals surface area contributed by atoms with Gasteiger partial charge in [0.15, 0.2) is 0 Å². The second-order valence-corrected chi connectivity index (χ2v) is 8.10. The van der Waals surface area contributed by atoms with Gasteiger partial charge in [-0.15, -0.1) is 0 Å². The summed E-state index contributed by atoms with van der Waals surface area (Å²) < 4.78 is 12.0. The van der Waals surface area contributed by atoms with E-state index in [-0.39, 0.29) is 5.91 Å². The van der Waals surface area contributed by atoms with Gasteiger partial charge in [-0.3, -0.25) is 9.78 Å². The third-order valence-corrected chi connectivity index (χ3v) is 4.99. The Hall–Kier alpha value is -4.42. The molecule has 4 aromatic rings. The molecule has 0 unspecified atom stereocenters. The number of nitrogens with zero attached hydrogens (tertiary/aromatic N) is 2. The summed E-state index contributed by atoms with van der Waals surface area (Å²) in [6.45, 7) is 0.698. The maximum Gasteiger partial charge on any atom is 0.248 e. The number of likely N-dealkylation sites (N-methyl/N-ethyl adjacent to an activating group) is 1. The highest BCUT2D eigenvalue weighted by molar-refractivity contribution is 5.99. The van der Waals surface area contributed by atoms with Crippen LogP contribution in [0.4, 0.5) is 5.69 Å². The zero-order valence-electron chi connectivity index (χ0n) is 19.7. The van der Waals surface area contributed by atoms with E-state index >= 15 is 0 Å². The summed E-state index contributed by atoms with van der Waals surface area (Å²) in [6.07, 6.45) is 6.80. The molecule has 3 aromatic carbocycles. The number of anilines is 1. The molecule has 0 aliphatic heterocycles. The average Bonchev–Trinajstić information content (AvgIpc) is 2.86. The van der Waals surface area contributed by atoms with Gasteiger partial charge in [0.25, 0.3) is 0 Å². The third-order valence-electron chi connectivity index (χ3n) is 4.99. The van der Waals surface area contributed by atoms with Crippen molar-refractivity contribution in [2.24, 2.45) is 0 Å². The number of hydrogen-bond donors (Lipinski definition) is 1. The first kappa shape index (κ1) is 23.7. The Morgan fingerprint density at radius 1 is 0.886 bits per heavy atom. The molecule has 176 valence electrons. The number of pyridine rings is 1. The number of hydrogen-bond acceptors (Lipinski definition) is 5. The van der Waals surface area contributed by atoms with Crippen molar-refractivity contribution in [3.8, 4) is 34.1 Å². The number of para-hydroxylation sites is 1. The van der Waals surface area contributed by atoms with Gasteiger partial charge in [0.05, 0.1) is 0 Å². The SMILES string of the molecule is CN(C)C/C=C/C(=O)Nc1cccc(-c2cnccc2Oc2ccc(Oc3ccccc3)cc2)c1. The minimum Gasteiger partial charge on any atom is -0.457 e. The lowest BCUT2D eigenvalue weighted by Gasteiger charge is -2.13. The van der Waals surface area contributed by atoms with Gasteiger partial charge in [-0.05, 0) is 74.3 Å². The number of ether oxygens (including phenoxy) is 2. The zero-order chi connectivity index (χ0) is 24.5. The van der Waals surface area contributed by atoms with Gasteiger partial charge < -0.3 is 19.7 Å². The Balaban J connectivity index is 1.47. The fourth-order valence-electron chi connectivity index (χ4n) is 3.33. The van der Waals surface area contributed by atoms with Gasteiger partial charge in [0.2, 0.25) is 5.91 Å². The molecule has 0 atom stereocenters. The van der Waals surface area contributed by atoms with Gasteiger partial charge in [-0.1, -0.05) is 36.4 Å². The predicted octanol–water partition coefficient (Wildman–Crippen LogP) is 6.39. The van der Waals surface area contributed by atoms with E-state index in [9.17, 15) is 4.79 Å². The second-order valence-electron chi connectivity index (χ2n) is 8.10. The standard InChI is InChI=1S/C29H27N3O3/c1-32(2)19-7-12-29(33)31-23-9-6-8-22(20-23)27-21-30-18-17-28(27)35-26-15-13-25(14-16-26)34-24-10-4-3-5-11-24/h3-18,20-21H,19H2,1-2H3,(H,31,33)/b12-7+. The number of rotatable bonds is 9. The van der Waals surface area contributed by atoms with Crippen molar-refractivity contribution < 1.29 is 14.3 Å². The maximum atomic E-state index is 12.2. The van der Waals surface area contributed by atoms with E-state index < -0.39 is 0 Å². The van der Waals surface area contributed by atoms with Crippen LogP contribution in [0.15, 0.2) is 109 Å². The summed E-state index contributed by atoms with van der Waals surface area (Å²) in [5, 5.41) is 2.90. The van der Waals surface area contributed by atoms with Gasteiger partial charge in [0.1, 0.15) is 23.0 Å². The van der Waals surface area contributed by atoms with Crippen LogP contribution in [-0.2, 0) is 4.79 Å². The van der Waals surface area contributed by atoms with Crippen molar-refractivity contribution >= 4 is 11.6 Å². The van der Waals surface area contributed by atoms with Crippen LogP contribution in [0.2, 0.25) is 0 Å². The van der Waals surface area contributed by atoms with Crippen LogP contribution in [0.5, 0.6) is 23.0 Å². The lowest BCUT2D eigenvalue weighted by Crippen LogP contribution is -2.12. The highest BCUT2D eigenvalue weighted by Crippen LogP contribution is 2.34. The maximum absolute atomic E-state index is 12.2. The lowest BCUT2D eigenvalue weighted by molar-refractivity contribution is -0.111. The number of carbonyl (C=O) groups is 1. The Morgan fingerprint density at radius 3 is 2.34 bits per heavy atom. The summed E-state index contributed by atoms with van der Waals surface area (Å²) in [5.74, 6) is 2.66. The van der Waals surface area contributed by atoms with Crippen LogP contribution in [0.25, 0.3) is 11.1 Å². The normalized spacial score (nSPS) is 10.9. The van der Waals surface area contributed by atoms with Crippen LogP contribution in [0.1, 0.15) is 0 Å². The van der Waals surface area contributed by atoms with E-state index in [1.54, 1.807) is 12.4 Å². The highest BCUT2D eigenvalue weighted by Gasteiger charge is 2.10. The summed E-state index contributed by atoms with van der Waals surface area (Å²) in [5.41, 5.74) is 2.39. The molecule has 35 heavy (non-hydrogen) atoms. The van der Waals surface area contributed by atoms with Gasteiger partial charge in [-0.2, -0.15) is 0 Å². The molecule has 0 saturated carbocycles. The van der Waals surface area contributed by atoms with Crippen molar-refractivity contribution in [1.29, 1.82) is 0 Å². The molecule has 1 aromatic heterocycles. The molecule has 0 aliphatic rings. The summed E-state index contributed by atoms with van der Waals surface area (Å²) in [7, 11) is 3.90. The molecule has 0 spiro atoms. The first-order chi connectivity index (χ1) is 17.1. The van der Waals surface area contributed by atoms with Crippen LogP contribution < -0.4 is 14.8 Å². The van der Waals surface area contributed by atoms with E-state index in [1.165, 1.54) is 6.08 Å². The van der Waals surface area contributed by atoms with Crippen molar-refractivity contribution in [3.63, 3.8) is 0 Å². The molecule has 6 nitrogen and oxygen atoms in total. The van der Waals surface area contributed by atoms with Gasteiger partial charge >= 0.3 is 0 Å². The summed E-state index contributed by atoms with van der Waals surface area (Å²) in [6, 6.07) is 26.5. The predicted molar refractivity (Wildman–Crippen MR) is 139 cm³/mol. The van der Waals surface area contributed by atoms with E-state index in [4.69, 9.17) is 9.47 Å². The highest BCUT2D eigenvalue weighted by atomic mass is 16.5. The Bertz CT molecular complexity index is 1290. The van der Waals surface area contributed by atoms with Crippen molar-refractivity contribution in [3.05, 3.63) is 109 Å². The topological polar surface area (TPSA) is 63.7 Å². The molecule has 6 heteroatoms. The van der Waals surface area contributed by atoms with Crippen LogP contribution >= 0.6 is 0 Å². The van der Waals surface area contributed by atoms with Gasteiger partial charge in [-0.25, -0.2) is 0 Å². The molecule has 0 saturated heterocycles. The Labute approximate surface area is 205 Å². The third kappa shape index (κ3) is 7.03. The van der Waals surface area contributed by atoms with Crippen LogP contribution in [0.3, 0.4) is 0 Å². The number of amides is 1. The molecule has 0 fully saturated rings. The molecule has 1 N–H and O–H groups in total. The minimum absolute atomic E-state index is 0.176. The quantitative estimate of drug-likeness (QED) is 0.290. The minimum atomic E-state index is -0.176. The van der Waals surface area contributed by atoms with Crippen molar-refractivity contribution in [1.82, 2.24) is 9.88 Å². The molecular formula is C29H27N3O3. The monoisotopic (exact) mass is 465 g/mol. The summed E-state index contributed by atoms with van der Waals surface area (Å²) >= 11 is 0.